The van der Waals surface area contributed by atoms with Gasteiger partial charge in [0.1, 0.15) is 12.7 Å². The van der Waals surface area contributed by atoms with Crippen molar-refractivity contribution in [2.45, 2.75) is 39.9 Å². The summed E-state index contributed by atoms with van der Waals surface area (Å²) in [4.78, 5) is 21.2. The Bertz CT molecular complexity index is 238. The maximum absolute atomic E-state index is 10.7. The Morgan fingerprint density at radius 3 is 2.00 bits per heavy atom. The SMILES string of the molecule is CC(=O)OCOC(COC(C)=O)COC(C)C. The lowest BCUT2D eigenvalue weighted by Gasteiger charge is -2.18. The van der Waals surface area contributed by atoms with E-state index in [2.05, 4.69) is 4.74 Å². The third kappa shape index (κ3) is 11.1. The predicted molar refractivity (Wildman–Crippen MR) is 59.2 cm³/mol. The van der Waals surface area contributed by atoms with E-state index in [1.54, 1.807) is 0 Å². The summed E-state index contributed by atoms with van der Waals surface area (Å²) in [5.41, 5.74) is 0. The zero-order valence-corrected chi connectivity index (χ0v) is 10.7. The molecule has 0 bridgehead atoms. The Labute approximate surface area is 101 Å². The van der Waals surface area contributed by atoms with Crippen LogP contribution in [0.2, 0.25) is 0 Å². The third-order valence-corrected chi connectivity index (χ3v) is 1.65. The van der Waals surface area contributed by atoms with Crippen LogP contribution in [0, 0.1) is 0 Å². The van der Waals surface area contributed by atoms with Gasteiger partial charge in [0, 0.05) is 13.8 Å². The van der Waals surface area contributed by atoms with Gasteiger partial charge in [-0.15, -0.1) is 0 Å². The summed E-state index contributed by atoms with van der Waals surface area (Å²) in [5, 5.41) is 0. The molecule has 0 radical (unpaired) electrons. The second kappa shape index (κ2) is 8.95. The van der Waals surface area contributed by atoms with Crippen molar-refractivity contribution in [1.82, 2.24) is 0 Å². The van der Waals surface area contributed by atoms with Crippen molar-refractivity contribution in [2.75, 3.05) is 20.0 Å². The molecule has 1 unspecified atom stereocenters. The molecular weight excluding hydrogens is 228 g/mol. The standard InChI is InChI=1S/C11H20O6/c1-8(2)14-5-11(6-15-9(3)12)17-7-16-10(4)13/h8,11H,5-7H2,1-4H3. The number of ether oxygens (including phenoxy) is 4. The number of carbonyl (C=O) groups excluding carboxylic acids is 2. The van der Waals surface area contributed by atoms with Gasteiger partial charge in [0.25, 0.3) is 0 Å². The Morgan fingerprint density at radius 1 is 0.941 bits per heavy atom. The summed E-state index contributed by atoms with van der Waals surface area (Å²) in [6.45, 7) is 6.53. The molecular formula is C11H20O6. The van der Waals surface area contributed by atoms with Crippen molar-refractivity contribution in [1.29, 1.82) is 0 Å². The molecule has 0 heterocycles. The number of hydrogen-bond acceptors (Lipinski definition) is 6. The molecule has 0 aliphatic heterocycles. The van der Waals surface area contributed by atoms with Crippen LogP contribution in [-0.2, 0) is 28.5 Å². The van der Waals surface area contributed by atoms with Gasteiger partial charge >= 0.3 is 11.9 Å². The average Bonchev–Trinajstić information content (AvgIpc) is 2.20. The highest BCUT2D eigenvalue weighted by Gasteiger charge is 2.13. The minimum absolute atomic E-state index is 0.0483. The second-order valence-corrected chi connectivity index (χ2v) is 3.73. The van der Waals surface area contributed by atoms with Gasteiger partial charge in [0.05, 0.1) is 12.7 Å². The summed E-state index contributed by atoms with van der Waals surface area (Å²) in [6, 6.07) is 0. The molecule has 0 amide bonds. The number of esters is 2. The first-order chi connectivity index (χ1) is 7.91. The monoisotopic (exact) mass is 248 g/mol. The van der Waals surface area contributed by atoms with E-state index in [-0.39, 0.29) is 26.1 Å². The maximum atomic E-state index is 10.7. The van der Waals surface area contributed by atoms with Crippen molar-refractivity contribution < 1.29 is 28.5 Å². The highest BCUT2D eigenvalue weighted by molar-refractivity contribution is 5.66. The second-order valence-electron chi connectivity index (χ2n) is 3.73. The van der Waals surface area contributed by atoms with Gasteiger partial charge in [-0.3, -0.25) is 9.59 Å². The van der Waals surface area contributed by atoms with Crippen LogP contribution in [0.1, 0.15) is 27.7 Å². The molecule has 0 N–H and O–H groups in total. The van der Waals surface area contributed by atoms with E-state index >= 15 is 0 Å². The molecule has 1 atom stereocenters. The van der Waals surface area contributed by atoms with Crippen LogP contribution in [0.5, 0.6) is 0 Å². The van der Waals surface area contributed by atoms with Gasteiger partial charge in [0.15, 0.2) is 6.79 Å². The van der Waals surface area contributed by atoms with Crippen LogP contribution in [0.25, 0.3) is 0 Å². The lowest BCUT2D eigenvalue weighted by molar-refractivity contribution is -0.171. The Balaban J connectivity index is 3.91. The molecule has 6 heteroatoms. The zero-order valence-electron chi connectivity index (χ0n) is 10.7. The molecule has 0 aromatic rings. The average molecular weight is 248 g/mol. The van der Waals surface area contributed by atoms with Crippen LogP contribution < -0.4 is 0 Å². The van der Waals surface area contributed by atoms with Crippen molar-refractivity contribution in [3.63, 3.8) is 0 Å². The Morgan fingerprint density at radius 2 is 1.53 bits per heavy atom. The summed E-state index contributed by atoms with van der Waals surface area (Å²) in [7, 11) is 0. The summed E-state index contributed by atoms with van der Waals surface area (Å²) < 4.78 is 20.0. The zero-order chi connectivity index (χ0) is 13.3. The van der Waals surface area contributed by atoms with Crippen LogP contribution in [0.15, 0.2) is 0 Å². The van der Waals surface area contributed by atoms with Crippen LogP contribution in [-0.4, -0.2) is 44.2 Å². The maximum Gasteiger partial charge on any atom is 0.304 e. The summed E-state index contributed by atoms with van der Waals surface area (Å²) in [5.74, 6) is -0.823. The minimum atomic E-state index is -0.444. The highest BCUT2D eigenvalue weighted by atomic mass is 16.7. The minimum Gasteiger partial charge on any atom is -0.463 e. The molecule has 0 saturated heterocycles. The van der Waals surface area contributed by atoms with Gasteiger partial charge < -0.3 is 18.9 Å². The van der Waals surface area contributed by atoms with Crippen LogP contribution >= 0.6 is 0 Å². The molecule has 0 fully saturated rings. The molecule has 0 aliphatic rings. The fourth-order valence-electron chi connectivity index (χ4n) is 0.868. The number of hydrogen-bond donors (Lipinski definition) is 0. The highest BCUT2D eigenvalue weighted by Crippen LogP contribution is 1.99. The molecule has 0 rings (SSSR count). The molecule has 17 heavy (non-hydrogen) atoms. The summed E-state index contributed by atoms with van der Waals surface area (Å²) >= 11 is 0. The van der Waals surface area contributed by atoms with E-state index in [0.717, 1.165) is 0 Å². The molecule has 0 spiro atoms. The molecule has 0 aliphatic carbocycles. The first kappa shape index (κ1) is 15.9. The van der Waals surface area contributed by atoms with E-state index in [9.17, 15) is 9.59 Å². The lowest BCUT2D eigenvalue weighted by Crippen LogP contribution is -2.29. The third-order valence-electron chi connectivity index (χ3n) is 1.65. The normalized spacial score (nSPS) is 12.3. The Kier molecular flexibility index (Phi) is 8.35. The molecule has 100 valence electrons. The number of carbonyl (C=O) groups is 2. The van der Waals surface area contributed by atoms with Gasteiger partial charge in [-0.05, 0) is 13.8 Å². The quantitative estimate of drug-likeness (QED) is 0.469. The van der Waals surface area contributed by atoms with Crippen molar-refractivity contribution >= 4 is 11.9 Å². The molecule has 6 nitrogen and oxygen atoms in total. The predicted octanol–water partition coefficient (Wildman–Crippen LogP) is 0.880. The Hall–Kier alpha value is -1.14. The number of rotatable bonds is 8. The van der Waals surface area contributed by atoms with E-state index in [0.29, 0.717) is 0 Å². The van der Waals surface area contributed by atoms with Crippen molar-refractivity contribution in [3.8, 4) is 0 Å². The van der Waals surface area contributed by atoms with Crippen molar-refractivity contribution in [3.05, 3.63) is 0 Å². The van der Waals surface area contributed by atoms with E-state index in [4.69, 9.17) is 14.2 Å². The smallest absolute Gasteiger partial charge is 0.304 e. The van der Waals surface area contributed by atoms with Crippen molar-refractivity contribution in [2.24, 2.45) is 0 Å². The fourth-order valence-corrected chi connectivity index (χ4v) is 0.868. The molecule has 0 aromatic heterocycles. The topological polar surface area (TPSA) is 71.1 Å². The first-order valence-electron chi connectivity index (χ1n) is 5.41. The lowest BCUT2D eigenvalue weighted by atomic mass is 10.4. The fraction of sp³-hybridized carbons (Fsp3) is 0.818. The largest absolute Gasteiger partial charge is 0.463 e. The first-order valence-corrected chi connectivity index (χ1v) is 5.41. The van der Waals surface area contributed by atoms with Gasteiger partial charge in [-0.25, -0.2) is 0 Å². The van der Waals surface area contributed by atoms with Gasteiger partial charge in [-0.1, -0.05) is 0 Å². The van der Waals surface area contributed by atoms with E-state index in [1.165, 1.54) is 13.8 Å². The van der Waals surface area contributed by atoms with Crippen LogP contribution in [0.4, 0.5) is 0 Å². The van der Waals surface area contributed by atoms with E-state index < -0.39 is 18.0 Å². The van der Waals surface area contributed by atoms with E-state index in [1.807, 2.05) is 13.8 Å². The molecule has 0 saturated carbocycles. The molecule has 0 aromatic carbocycles. The summed E-state index contributed by atoms with van der Waals surface area (Å²) in [6.07, 6.45) is -0.396. The van der Waals surface area contributed by atoms with Gasteiger partial charge in [-0.2, -0.15) is 0 Å². The van der Waals surface area contributed by atoms with Crippen LogP contribution in [0.3, 0.4) is 0 Å². The van der Waals surface area contributed by atoms with Gasteiger partial charge in [0.2, 0.25) is 0 Å².